The summed E-state index contributed by atoms with van der Waals surface area (Å²) in [6, 6.07) is 8.64. The molecule has 10 nitrogen and oxygen atoms in total. The Morgan fingerprint density at radius 3 is 2.39 bits per heavy atom. The fourth-order valence-corrected chi connectivity index (χ4v) is 3.66. The lowest BCUT2D eigenvalue weighted by Gasteiger charge is -2.39. The van der Waals surface area contributed by atoms with Gasteiger partial charge in [-0.15, -0.1) is 0 Å². The van der Waals surface area contributed by atoms with E-state index in [9.17, 15) is 35.4 Å². The van der Waals surface area contributed by atoms with Crippen LogP contribution in [0.4, 0.5) is 0 Å². The van der Waals surface area contributed by atoms with Crippen molar-refractivity contribution < 1.29 is 49.6 Å². The van der Waals surface area contributed by atoms with E-state index in [0.29, 0.717) is 5.56 Å². The third-order valence-corrected chi connectivity index (χ3v) is 5.34. The summed E-state index contributed by atoms with van der Waals surface area (Å²) in [5.41, 5.74) is 0.632. The van der Waals surface area contributed by atoms with Crippen LogP contribution in [0.5, 0.6) is 23.0 Å². The van der Waals surface area contributed by atoms with Crippen molar-refractivity contribution >= 4 is 5.78 Å². The third kappa shape index (κ3) is 4.03. The summed E-state index contributed by atoms with van der Waals surface area (Å²) < 4.78 is 16.7. The molecule has 6 atom stereocenters. The Balaban J connectivity index is 1.59. The highest BCUT2D eigenvalue weighted by Crippen LogP contribution is 2.42. The van der Waals surface area contributed by atoms with Crippen LogP contribution < -0.4 is 9.47 Å². The molecular formula is C21H22O10. The van der Waals surface area contributed by atoms with Gasteiger partial charge in [0.05, 0.1) is 13.0 Å². The van der Waals surface area contributed by atoms with Crippen LogP contribution in [0, 0.1) is 0 Å². The number of hydrogen-bond acceptors (Lipinski definition) is 10. The normalized spacial score (nSPS) is 30.4. The fourth-order valence-electron chi connectivity index (χ4n) is 3.66. The van der Waals surface area contributed by atoms with E-state index in [1.807, 2.05) is 0 Å². The molecule has 0 aliphatic carbocycles. The van der Waals surface area contributed by atoms with Crippen LogP contribution in [0.25, 0.3) is 0 Å². The first-order chi connectivity index (χ1) is 14.8. The number of benzene rings is 2. The number of phenolic OH excluding ortho intramolecular Hbond substituents is 2. The molecule has 0 spiro atoms. The number of Topliss-reactive ketones (excluding diaryl/α,β-unsaturated/α-hetero) is 1. The van der Waals surface area contributed by atoms with E-state index < -0.39 is 49.2 Å². The Labute approximate surface area is 176 Å². The van der Waals surface area contributed by atoms with E-state index >= 15 is 0 Å². The second kappa shape index (κ2) is 8.33. The van der Waals surface area contributed by atoms with Gasteiger partial charge in [0.25, 0.3) is 0 Å². The third-order valence-electron chi connectivity index (χ3n) is 5.34. The van der Waals surface area contributed by atoms with Gasteiger partial charge in [0.2, 0.25) is 6.29 Å². The predicted octanol–water partition coefficient (Wildman–Crippen LogP) is -0.0170. The molecule has 1 saturated heterocycles. The Morgan fingerprint density at radius 1 is 1.00 bits per heavy atom. The number of fused-ring (bicyclic) bond motifs is 1. The van der Waals surface area contributed by atoms with Crippen LogP contribution in [0.15, 0.2) is 36.4 Å². The zero-order chi connectivity index (χ0) is 22.3. The molecule has 0 saturated carbocycles. The number of phenols is 2. The van der Waals surface area contributed by atoms with Crippen LogP contribution in [0.1, 0.15) is 28.4 Å². The Kier molecular flexibility index (Phi) is 5.73. The first-order valence-electron chi connectivity index (χ1n) is 9.61. The summed E-state index contributed by atoms with van der Waals surface area (Å²) >= 11 is 0. The first kappa shape index (κ1) is 21.3. The number of ketones is 1. The van der Waals surface area contributed by atoms with E-state index in [1.165, 1.54) is 18.2 Å². The van der Waals surface area contributed by atoms with Crippen molar-refractivity contribution in [1.29, 1.82) is 0 Å². The summed E-state index contributed by atoms with van der Waals surface area (Å²) in [7, 11) is 0. The van der Waals surface area contributed by atoms with Crippen molar-refractivity contribution in [3.63, 3.8) is 0 Å². The molecule has 2 aromatic carbocycles. The molecule has 0 amide bonds. The minimum absolute atomic E-state index is 0.0156. The summed E-state index contributed by atoms with van der Waals surface area (Å²) in [5, 5.41) is 59.0. The summed E-state index contributed by atoms with van der Waals surface area (Å²) in [5.74, 6) is -0.657. The molecule has 2 heterocycles. The molecule has 6 N–H and O–H groups in total. The number of aromatic hydroxyl groups is 2. The second-order valence-corrected chi connectivity index (χ2v) is 7.46. The van der Waals surface area contributed by atoms with Gasteiger partial charge >= 0.3 is 0 Å². The Hall–Kier alpha value is -2.89. The molecule has 4 rings (SSSR count). The SMILES string of the molecule is O=C1CC(c2ccc(O)cc2)Oc2cc(O[C@@H]3O[C@@H](CO)[C@H](O)[C@@H](O)[C@@H]3O)cc(O)c21. The maximum Gasteiger partial charge on any atom is 0.229 e. The average molecular weight is 434 g/mol. The lowest BCUT2D eigenvalue weighted by molar-refractivity contribution is -0.277. The van der Waals surface area contributed by atoms with E-state index in [-0.39, 0.29) is 35.0 Å². The van der Waals surface area contributed by atoms with Crippen LogP contribution in [0.2, 0.25) is 0 Å². The average Bonchev–Trinajstić information content (AvgIpc) is 2.74. The first-order valence-corrected chi connectivity index (χ1v) is 9.61. The van der Waals surface area contributed by atoms with E-state index in [0.717, 1.165) is 6.07 Å². The topological polar surface area (TPSA) is 166 Å². The van der Waals surface area contributed by atoms with Crippen molar-refractivity contribution in [1.82, 2.24) is 0 Å². The number of aliphatic hydroxyl groups is 4. The van der Waals surface area contributed by atoms with Crippen molar-refractivity contribution in [2.75, 3.05) is 6.61 Å². The molecule has 1 fully saturated rings. The van der Waals surface area contributed by atoms with Crippen molar-refractivity contribution in [3.8, 4) is 23.0 Å². The highest BCUT2D eigenvalue weighted by Gasteiger charge is 2.45. The van der Waals surface area contributed by atoms with E-state index in [4.69, 9.17) is 14.2 Å². The predicted molar refractivity (Wildman–Crippen MR) is 103 cm³/mol. The van der Waals surface area contributed by atoms with Gasteiger partial charge in [-0.2, -0.15) is 0 Å². The number of carbonyl (C=O) groups excluding carboxylic acids is 1. The molecule has 0 aromatic heterocycles. The minimum atomic E-state index is -1.64. The van der Waals surface area contributed by atoms with Gasteiger partial charge in [-0.1, -0.05) is 12.1 Å². The second-order valence-electron chi connectivity index (χ2n) is 7.46. The van der Waals surface area contributed by atoms with Gasteiger partial charge in [0.15, 0.2) is 5.78 Å². The van der Waals surface area contributed by atoms with Crippen LogP contribution in [0.3, 0.4) is 0 Å². The van der Waals surface area contributed by atoms with Gasteiger partial charge in [0.1, 0.15) is 59.1 Å². The molecule has 0 radical (unpaired) electrons. The van der Waals surface area contributed by atoms with Crippen LogP contribution in [-0.2, 0) is 4.74 Å². The molecule has 166 valence electrons. The number of ether oxygens (including phenoxy) is 3. The summed E-state index contributed by atoms with van der Waals surface area (Å²) in [4.78, 5) is 12.6. The Morgan fingerprint density at radius 2 is 1.71 bits per heavy atom. The number of aliphatic hydroxyl groups excluding tert-OH is 4. The minimum Gasteiger partial charge on any atom is -0.508 e. The van der Waals surface area contributed by atoms with Crippen molar-refractivity contribution in [2.45, 2.75) is 43.2 Å². The van der Waals surface area contributed by atoms with Gasteiger partial charge in [-0.05, 0) is 17.7 Å². The van der Waals surface area contributed by atoms with E-state index in [1.54, 1.807) is 12.1 Å². The maximum atomic E-state index is 12.6. The lowest BCUT2D eigenvalue weighted by Crippen LogP contribution is -2.60. The molecule has 1 unspecified atom stereocenters. The highest BCUT2D eigenvalue weighted by atomic mass is 16.7. The molecular weight excluding hydrogens is 412 g/mol. The number of hydrogen-bond donors (Lipinski definition) is 6. The largest absolute Gasteiger partial charge is 0.508 e. The van der Waals surface area contributed by atoms with Gasteiger partial charge in [-0.25, -0.2) is 0 Å². The lowest BCUT2D eigenvalue weighted by atomic mass is 9.95. The van der Waals surface area contributed by atoms with Crippen LogP contribution >= 0.6 is 0 Å². The smallest absolute Gasteiger partial charge is 0.229 e. The monoisotopic (exact) mass is 434 g/mol. The van der Waals surface area contributed by atoms with Gasteiger partial charge in [0, 0.05) is 12.1 Å². The molecule has 2 aliphatic heterocycles. The molecule has 2 aliphatic rings. The summed E-state index contributed by atoms with van der Waals surface area (Å²) in [6.07, 6.45) is -8.09. The number of carbonyl (C=O) groups is 1. The zero-order valence-electron chi connectivity index (χ0n) is 16.2. The Bertz CT molecular complexity index is 957. The quantitative estimate of drug-likeness (QED) is 0.385. The molecule has 2 aromatic rings. The van der Waals surface area contributed by atoms with Gasteiger partial charge in [-0.3, -0.25) is 4.79 Å². The van der Waals surface area contributed by atoms with E-state index in [2.05, 4.69) is 0 Å². The standard InChI is InChI=1S/C21H22O10/c22-8-16-18(26)19(27)20(28)21(31-16)29-11-5-12(24)17-13(25)7-14(30-15(17)6-11)9-1-3-10(23)4-2-9/h1-6,14,16,18-24,26-28H,7-8H2/t14?,16-,18-,19+,20-,21+/m0/s1. The van der Waals surface area contributed by atoms with Gasteiger partial charge < -0.3 is 44.8 Å². The van der Waals surface area contributed by atoms with Crippen LogP contribution in [-0.4, -0.2) is 73.7 Å². The van der Waals surface area contributed by atoms with Crippen molar-refractivity contribution in [2.24, 2.45) is 0 Å². The summed E-state index contributed by atoms with van der Waals surface area (Å²) in [6.45, 7) is -0.619. The molecule has 31 heavy (non-hydrogen) atoms. The number of rotatable bonds is 4. The molecule has 0 bridgehead atoms. The maximum absolute atomic E-state index is 12.6. The highest BCUT2D eigenvalue weighted by molar-refractivity contribution is 6.02. The zero-order valence-corrected chi connectivity index (χ0v) is 16.2. The molecule has 10 heteroatoms. The fraction of sp³-hybridized carbons (Fsp3) is 0.381. The van der Waals surface area contributed by atoms with Crippen molar-refractivity contribution in [3.05, 3.63) is 47.5 Å².